The minimum Gasteiger partial charge on any atom is -0.320 e. The minimum atomic E-state index is 0.440. The van der Waals surface area contributed by atoms with E-state index in [9.17, 15) is 0 Å². The van der Waals surface area contributed by atoms with Crippen molar-refractivity contribution >= 4 is 23.1 Å². The maximum absolute atomic E-state index is 5.42. The van der Waals surface area contributed by atoms with Gasteiger partial charge in [0.1, 0.15) is 0 Å². The van der Waals surface area contributed by atoms with Crippen molar-refractivity contribution in [1.29, 1.82) is 0 Å². The highest BCUT2D eigenvalue weighted by Gasteiger charge is 2.12. The standard InChI is InChI=1S/C13H18N2S2/c14-5-1-3-12-4-9-17-13(12)11-15-6-2-8-16-10-7-15/h4,9H,2,5-8,10-11,14H2. The van der Waals surface area contributed by atoms with E-state index >= 15 is 0 Å². The van der Waals surface area contributed by atoms with Crippen LogP contribution in [0.4, 0.5) is 0 Å². The van der Waals surface area contributed by atoms with Crippen LogP contribution >= 0.6 is 23.1 Å². The highest BCUT2D eigenvalue weighted by atomic mass is 32.2. The fraction of sp³-hybridized carbons (Fsp3) is 0.538. The van der Waals surface area contributed by atoms with E-state index in [1.54, 1.807) is 0 Å². The van der Waals surface area contributed by atoms with Crippen molar-refractivity contribution in [2.24, 2.45) is 5.73 Å². The van der Waals surface area contributed by atoms with E-state index in [0.717, 1.165) is 12.1 Å². The summed E-state index contributed by atoms with van der Waals surface area (Å²) in [5.41, 5.74) is 6.58. The Morgan fingerprint density at radius 2 is 2.29 bits per heavy atom. The van der Waals surface area contributed by atoms with Gasteiger partial charge in [0.05, 0.1) is 6.54 Å². The van der Waals surface area contributed by atoms with Gasteiger partial charge in [0.2, 0.25) is 0 Å². The van der Waals surface area contributed by atoms with Crippen molar-refractivity contribution in [3.8, 4) is 11.8 Å². The molecule has 0 aliphatic carbocycles. The second-order valence-electron chi connectivity index (χ2n) is 4.01. The minimum absolute atomic E-state index is 0.440. The molecule has 2 rings (SSSR count). The average Bonchev–Trinajstić information content (AvgIpc) is 2.61. The van der Waals surface area contributed by atoms with Gasteiger partial charge in [-0.1, -0.05) is 11.8 Å². The molecule has 0 amide bonds. The zero-order chi connectivity index (χ0) is 11.9. The lowest BCUT2D eigenvalue weighted by atomic mass is 10.2. The van der Waals surface area contributed by atoms with Crippen molar-refractivity contribution in [2.45, 2.75) is 13.0 Å². The number of thioether (sulfide) groups is 1. The topological polar surface area (TPSA) is 29.3 Å². The van der Waals surface area contributed by atoms with Crippen molar-refractivity contribution in [3.63, 3.8) is 0 Å². The molecule has 1 aliphatic rings. The van der Waals surface area contributed by atoms with Crippen molar-refractivity contribution in [1.82, 2.24) is 4.90 Å². The summed E-state index contributed by atoms with van der Waals surface area (Å²) >= 11 is 3.88. The molecule has 1 saturated heterocycles. The molecule has 1 aromatic heterocycles. The number of rotatable bonds is 2. The molecule has 1 aliphatic heterocycles. The smallest absolute Gasteiger partial charge is 0.0555 e. The third-order valence-corrected chi connectivity index (χ3v) is 4.71. The first-order valence-corrected chi connectivity index (χ1v) is 7.99. The molecular weight excluding hydrogens is 248 g/mol. The number of hydrogen-bond acceptors (Lipinski definition) is 4. The zero-order valence-electron chi connectivity index (χ0n) is 9.95. The molecule has 17 heavy (non-hydrogen) atoms. The Kier molecular flexibility index (Phi) is 5.40. The monoisotopic (exact) mass is 266 g/mol. The van der Waals surface area contributed by atoms with E-state index in [2.05, 4.69) is 39.9 Å². The van der Waals surface area contributed by atoms with Gasteiger partial charge in [-0.2, -0.15) is 11.8 Å². The van der Waals surface area contributed by atoms with Gasteiger partial charge in [-0.25, -0.2) is 0 Å². The molecular formula is C13H18N2S2. The summed E-state index contributed by atoms with van der Waals surface area (Å²) in [7, 11) is 0. The molecule has 1 fully saturated rings. The largest absolute Gasteiger partial charge is 0.320 e. The zero-order valence-corrected chi connectivity index (χ0v) is 11.6. The van der Waals surface area contributed by atoms with Gasteiger partial charge in [-0.05, 0) is 30.2 Å². The van der Waals surface area contributed by atoms with Crippen LogP contribution in [0, 0.1) is 11.8 Å². The van der Waals surface area contributed by atoms with Crippen molar-refractivity contribution in [2.75, 3.05) is 31.1 Å². The molecule has 1 aromatic rings. The van der Waals surface area contributed by atoms with Crippen molar-refractivity contribution < 1.29 is 0 Å². The van der Waals surface area contributed by atoms with Crippen LogP contribution in [-0.4, -0.2) is 36.0 Å². The summed E-state index contributed by atoms with van der Waals surface area (Å²) in [5, 5.41) is 2.13. The number of thiophene rings is 1. The third-order valence-electron chi connectivity index (χ3n) is 2.75. The Bertz CT molecular complexity index is 395. The number of hydrogen-bond donors (Lipinski definition) is 1. The summed E-state index contributed by atoms with van der Waals surface area (Å²) in [6.45, 7) is 3.91. The van der Waals surface area contributed by atoms with E-state index in [0.29, 0.717) is 6.54 Å². The Labute approximate surface area is 112 Å². The van der Waals surface area contributed by atoms with E-state index in [4.69, 9.17) is 5.73 Å². The van der Waals surface area contributed by atoms with E-state index < -0.39 is 0 Å². The fourth-order valence-electron chi connectivity index (χ4n) is 1.88. The van der Waals surface area contributed by atoms with E-state index in [-0.39, 0.29) is 0 Å². The summed E-state index contributed by atoms with van der Waals surface area (Å²) in [4.78, 5) is 3.93. The highest BCUT2D eigenvalue weighted by Crippen LogP contribution is 2.20. The Morgan fingerprint density at radius 3 is 3.18 bits per heavy atom. The molecule has 2 heterocycles. The predicted octanol–water partition coefficient (Wildman–Crippen LogP) is 2.00. The molecule has 2 nitrogen and oxygen atoms in total. The molecule has 0 unspecified atom stereocenters. The normalized spacial score (nSPS) is 17.2. The first-order valence-electron chi connectivity index (χ1n) is 5.95. The number of nitrogens with zero attached hydrogens (tertiary/aromatic N) is 1. The lowest BCUT2D eigenvalue weighted by Crippen LogP contribution is -2.25. The highest BCUT2D eigenvalue weighted by molar-refractivity contribution is 7.99. The van der Waals surface area contributed by atoms with E-state index in [1.807, 2.05) is 11.3 Å². The van der Waals surface area contributed by atoms with Gasteiger partial charge in [0, 0.05) is 29.3 Å². The van der Waals surface area contributed by atoms with Crippen LogP contribution in [0.1, 0.15) is 16.9 Å². The summed E-state index contributed by atoms with van der Waals surface area (Å²) < 4.78 is 0. The van der Waals surface area contributed by atoms with Gasteiger partial charge < -0.3 is 5.73 Å². The molecule has 92 valence electrons. The third kappa shape index (κ3) is 4.04. The van der Waals surface area contributed by atoms with Gasteiger partial charge >= 0.3 is 0 Å². The van der Waals surface area contributed by atoms with Gasteiger partial charge in [0.25, 0.3) is 0 Å². The van der Waals surface area contributed by atoms with Crippen LogP contribution < -0.4 is 5.73 Å². The predicted molar refractivity (Wildman–Crippen MR) is 77.5 cm³/mol. The van der Waals surface area contributed by atoms with Crippen LogP contribution in [0.3, 0.4) is 0 Å². The van der Waals surface area contributed by atoms with Gasteiger partial charge in [-0.3, -0.25) is 4.90 Å². The molecule has 0 bridgehead atoms. The maximum Gasteiger partial charge on any atom is 0.0555 e. The molecule has 0 radical (unpaired) electrons. The molecule has 0 atom stereocenters. The molecule has 0 saturated carbocycles. The van der Waals surface area contributed by atoms with Gasteiger partial charge in [0.15, 0.2) is 0 Å². The Hall–Kier alpha value is -0.470. The molecule has 0 spiro atoms. The van der Waals surface area contributed by atoms with Crippen LogP contribution in [0.5, 0.6) is 0 Å². The van der Waals surface area contributed by atoms with Crippen LogP contribution in [-0.2, 0) is 6.54 Å². The average molecular weight is 266 g/mol. The van der Waals surface area contributed by atoms with Gasteiger partial charge in [-0.15, -0.1) is 11.3 Å². The Balaban J connectivity index is 1.99. The van der Waals surface area contributed by atoms with E-state index in [1.165, 1.54) is 35.9 Å². The summed E-state index contributed by atoms with van der Waals surface area (Å²) in [6.07, 6.45) is 1.31. The maximum atomic E-state index is 5.42. The second kappa shape index (κ2) is 7.07. The summed E-state index contributed by atoms with van der Waals surface area (Å²) in [5.74, 6) is 8.67. The fourth-order valence-corrected chi connectivity index (χ4v) is 3.68. The molecule has 4 heteroatoms. The lowest BCUT2D eigenvalue weighted by Gasteiger charge is -2.18. The first kappa shape index (κ1) is 13.0. The number of nitrogens with two attached hydrogens (primary N) is 1. The molecule has 0 aromatic carbocycles. The van der Waals surface area contributed by atoms with Crippen LogP contribution in [0.25, 0.3) is 0 Å². The first-order chi connectivity index (χ1) is 8.40. The molecule has 2 N–H and O–H groups in total. The SMILES string of the molecule is NCC#Cc1ccsc1CN1CCCSCC1. The van der Waals surface area contributed by atoms with Crippen LogP contribution in [0.2, 0.25) is 0 Å². The van der Waals surface area contributed by atoms with Crippen molar-refractivity contribution in [3.05, 3.63) is 21.9 Å². The second-order valence-corrected chi connectivity index (χ2v) is 6.23. The van der Waals surface area contributed by atoms with Crippen LogP contribution in [0.15, 0.2) is 11.4 Å². The Morgan fingerprint density at radius 1 is 1.35 bits per heavy atom. The lowest BCUT2D eigenvalue weighted by molar-refractivity contribution is 0.290. The summed E-state index contributed by atoms with van der Waals surface area (Å²) in [6, 6.07) is 2.11. The quantitative estimate of drug-likeness (QED) is 0.830.